The summed E-state index contributed by atoms with van der Waals surface area (Å²) in [6.07, 6.45) is 3.37. The predicted octanol–water partition coefficient (Wildman–Crippen LogP) is 3.47. The SMILES string of the molecule is COc1ccccc1C(=O)c1cncc2ccccc12. The molecule has 0 saturated carbocycles. The van der Waals surface area contributed by atoms with E-state index in [0.717, 1.165) is 10.8 Å². The molecule has 0 aliphatic rings. The van der Waals surface area contributed by atoms with Crippen LogP contribution in [0.3, 0.4) is 0 Å². The van der Waals surface area contributed by atoms with E-state index in [9.17, 15) is 4.79 Å². The van der Waals surface area contributed by atoms with E-state index in [-0.39, 0.29) is 5.78 Å². The van der Waals surface area contributed by atoms with Crippen LogP contribution in [-0.2, 0) is 0 Å². The lowest BCUT2D eigenvalue weighted by molar-refractivity contribution is 0.103. The molecule has 1 aromatic heterocycles. The highest BCUT2D eigenvalue weighted by molar-refractivity contribution is 6.17. The van der Waals surface area contributed by atoms with Gasteiger partial charge in [-0.2, -0.15) is 0 Å². The standard InChI is InChI=1S/C17H13NO2/c1-20-16-9-5-4-8-14(16)17(19)15-11-18-10-12-6-2-3-7-13(12)15/h2-11H,1H3. The summed E-state index contributed by atoms with van der Waals surface area (Å²) in [5.74, 6) is 0.497. The van der Waals surface area contributed by atoms with Gasteiger partial charge in [-0.05, 0) is 17.5 Å². The summed E-state index contributed by atoms with van der Waals surface area (Å²) in [6.45, 7) is 0. The van der Waals surface area contributed by atoms with E-state index in [1.54, 1.807) is 31.6 Å². The number of benzene rings is 2. The Morgan fingerprint density at radius 1 is 0.950 bits per heavy atom. The van der Waals surface area contributed by atoms with Crippen molar-refractivity contribution in [1.82, 2.24) is 4.98 Å². The van der Waals surface area contributed by atoms with Gasteiger partial charge in [0.1, 0.15) is 5.75 Å². The van der Waals surface area contributed by atoms with Crippen LogP contribution in [0.5, 0.6) is 5.75 Å². The highest BCUT2D eigenvalue weighted by Crippen LogP contribution is 2.24. The largest absolute Gasteiger partial charge is 0.496 e. The van der Waals surface area contributed by atoms with Gasteiger partial charge in [0.2, 0.25) is 0 Å². The number of aromatic nitrogens is 1. The van der Waals surface area contributed by atoms with Crippen LogP contribution in [0.1, 0.15) is 15.9 Å². The van der Waals surface area contributed by atoms with E-state index in [1.165, 1.54) is 0 Å². The molecule has 0 atom stereocenters. The molecule has 3 aromatic rings. The molecule has 3 nitrogen and oxygen atoms in total. The number of pyridine rings is 1. The molecule has 0 saturated heterocycles. The number of carbonyl (C=O) groups excluding carboxylic acids is 1. The van der Waals surface area contributed by atoms with Gasteiger partial charge >= 0.3 is 0 Å². The third-order valence-corrected chi connectivity index (χ3v) is 3.26. The normalized spacial score (nSPS) is 10.4. The number of rotatable bonds is 3. The molecule has 0 aliphatic heterocycles. The van der Waals surface area contributed by atoms with Crippen molar-refractivity contribution < 1.29 is 9.53 Å². The van der Waals surface area contributed by atoms with E-state index < -0.39 is 0 Å². The lowest BCUT2D eigenvalue weighted by Gasteiger charge is -2.09. The first-order chi connectivity index (χ1) is 9.81. The van der Waals surface area contributed by atoms with Crippen molar-refractivity contribution in [2.24, 2.45) is 0 Å². The molecule has 0 N–H and O–H groups in total. The molecule has 0 bridgehead atoms. The zero-order chi connectivity index (χ0) is 13.9. The molecule has 0 aliphatic carbocycles. The van der Waals surface area contributed by atoms with Crippen LogP contribution < -0.4 is 4.74 Å². The number of ether oxygens (including phenoxy) is 1. The van der Waals surface area contributed by atoms with Gasteiger partial charge < -0.3 is 4.74 Å². The topological polar surface area (TPSA) is 39.2 Å². The highest BCUT2D eigenvalue weighted by Gasteiger charge is 2.16. The van der Waals surface area contributed by atoms with Gasteiger partial charge in [-0.3, -0.25) is 9.78 Å². The maximum Gasteiger partial charge on any atom is 0.198 e. The van der Waals surface area contributed by atoms with E-state index in [4.69, 9.17) is 4.74 Å². The first-order valence-corrected chi connectivity index (χ1v) is 6.31. The predicted molar refractivity (Wildman–Crippen MR) is 78.2 cm³/mol. The van der Waals surface area contributed by atoms with Crippen LogP contribution in [0.15, 0.2) is 60.9 Å². The van der Waals surface area contributed by atoms with Crippen molar-refractivity contribution >= 4 is 16.6 Å². The summed E-state index contributed by atoms with van der Waals surface area (Å²) in [7, 11) is 1.56. The van der Waals surface area contributed by atoms with Gasteiger partial charge in [-0.15, -0.1) is 0 Å². The van der Waals surface area contributed by atoms with Gasteiger partial charge in [0, 0.05) is 23.3 Å². The average Bonchev–Trinajstić information content (AvgIpc) is 2.53. The number of ketones is 1. The van der Waals surface area contributed by atoms with Crippen molar-refractivity contribution in [3.05, 3.63) is 72.1 Å². The Bertz CT molecular complexity index is 775. The van der Waals surface area contributed by atoms with Crippen molar-refractivity contribution in [2.45, 2.75) is 0 Å². The fourth-order valence-electron chi connectivity index (χ4n) is 2.27. The number of methoxy groups -OCH3 is 1. The Morgan fingerprint density at radius 2 is 1.70 bits per heavy atom. The Balaban J connectivity index is 2.18. The fourth-order valence-corrected chi connectivity index (χ4v) is 2.27. The summed E-state index contributed by atoms with van der Waals surface area (Å²) in [5.41, 5.74) is 1.14. The minimum absolute atomic E-state index is 0.0771. The second kappa shape index (κ2) is 5.13. The first kappa shape index (κ1) is 12.4. The van der Waals surface area contributed by atoms with Gasteiger partial charge in [0.15, 0.2) is 5.78 Å². The van der Waals surface area contributed by atoms with Crippen LogP contribution in [0.2, 0.25) is 0 Å². The second-order valence-electron chi connectivity index (χ2n) is 4.44. The molecule has 0 fully saturated rings. The van der Waals surface area contributed by atoms with Gasteiger partial charge in [-0.25, -0.2) is 0 Å². The zero-order valence-electron chi connectivity index (χ0n) is 11.0. The summed E-state index contributed by atoms with van der Waals surface area (Å²) < 4.78 is 5.26. The lowest BCUT2D eigenvalue weighted by atomic mass is 9.99. The van der Waals surface area contributed by atoms with Crippen molar-refractivity contribution in [3.63, 3.8) is 0 Å². The van der Waals surface area contributed by atoms with Gasteiger partial charge in [0.05, 0.1) is 12.7 Å². The maximum absolute atomic E-state index is 12.7. The summed E-state index contributed by atoms with van der Waals surface area (Å²) >= 11 is 0. The van der Waals surface area contributed by atoms with E-state index in [0.29, 0.717) is 16.9 Å². The minimum Gasteiger partial charge on any atom is -0.496 e. The van der Waals surface area contributed by atoms with E-state index in [2.05, 4.69) is 4.98 Å². The Kier molecular flexibility index (Phi) is 3.17. The number of fused-ring (bicyclic) bond motifs is 1. The summed E-state index contributed by atoms with van der Waals surface area (Å²) in [4.78, 5) is 16.9. The Hall–Kier alpha value is -2.68. The summed E-state index contributed by atoms with van der Waals surface area (Å²) in [5, 5.41) is 1.85. The number of hydrogen-bond acceptors (Lipinski definition) is 3. The lowest BCUT2D eigenvalue weighted by Crippen LogP contribution is -2.05. The molecular weight excluding hydrogens is 250 g/mol. The van der Waals surface area contributed by atoms with Gasteiger partial charge in [-0.1, -0.05) is 36.4 Å². The summed E-state index contributed by atoms with van der Waals surface area (Å²) in [6, 6.07) is 14.9. The molecule has 0 radical (unpaired) electrons. The Morgan fingerprint density at radius 3 is 2.55 bits per heavy atom. The maximum atomic E-state index is 12.7. The first-order valence-electron chi connectivity index (χ1n) is 6.31. The Labute approximate surface area is 116 Å². The van der Waals surface area contributed by atoms with E-state index in [1.807, 2.05) is 36.4 Å². The molecule has 2 aromatic carbocycles. The third-order valence-electron chi connectivity index (χ3n) is 3.26. The molecule has 0 spiro atoms. The molecular formula is C17H13NO2. The molecule has 3 heteroatoms. The van der Waals surface area contributed by atoms with Crippen LogP contribution in [0.25, 0.3) is 10.8 Å². The molecule has 3 rings (SSSR count). The van der Waals surface area contributed by atoms with Crippen molar-refractivity contribution in [2.75, 3.05) is 7.11 Å². The average molecular weight is 263 g/mol. The van der Waals surface area contributed by atoms with Crippen LogP contribution in [0, 0.1) is 0 Å². The van der Waals surface area contributed by atoms with Crippen molar-refractivity contribution in [1.29, 1.82) is 0 Å². The molecule has 20 heavy (non-hydrogen) atoms. The van der Waals surface area contributed by atoms with Crippen molar-refractivity contribution in [3.8, 4) is 5.75 Å². The van der Waals surface area contributed by atoms with E-state index >= 15 is 0 Å². The zero-order valence-corrected chi connectivity index (χ0v) is 11.0. The smallest absolute Gasteiger partial charge is 0.198 e. The second-order valence-corrected chi connectivity index (χ2v) is 4.44. The quantitative estimate of drug-likeness (QED) is 0.679. The molecule has 1 heterocycles. The number of carbonyl (C=O) groups is 1. The highest BCUT2D eigenvalue weighted by atomic mass is 16.5. The number of nitrogens with zero attached hydrogens (tertiary/aromatic N) is 1. The minimum atomic E-state index is -0.0771. The van der Waals surface area contributed by atoms with Crippen LogP contribution in [0.4, 0.5) is 0 Å². The molecule has 98 valence electrons. The van der Waals surface area contributed by atoms with Crippen LogP contribution >= 0.6 is 0 Å². The number of para-hydroxylation sites is 1. The third kappa shape index (κ3) is 2.03. The monoisotopic (exact) mass is 263 g/mol. The molecule has 0 amide bonds. The number of hydrogen-bond donors (Lipinski definition) is 0. The van der Waals surface area contributed by atoms with Crippen LogP contribution in [-0.4, -0.2) is 17.9 Å². The molecule has 0 unspecified atom stereocenters. The van der Waals surface area contributed by atoms with Gasteiger partial charge in [0.25, 0.3) is 0 Å². The fraction of sp³-hybridized carbons (Fsp3) is 0.0588.